The second-order valence-electron chi connectivity index (χ2n) is 3.67. The van der Waals surface area contributed by atoms with E-state index >= 15 is 0 Å². The predicted octanol–water partition coefficient (Wildman–Crippen LogP) is 1.78. The lowest BCUT2D eigenvalue weighted by atomic mass is 10.1. The van der Waals surface area contributed by atoms with Crippen molar-refractivity contribution in [3.8, 4) is 11.8 Å². The molecule has 6 heteroatoms. The van der Waals surface area contributed by atoms with E-state index in [0.29, 0.717) is 18.7 Å². The smallest absolute Gasteiger partial charge is 0.293 e. The molecule has 0 aliphatic heterocycles. The number of hydrogen-bond acceptors (Lipinski definition) is 4. The van der Waals surface area contributed by atoms with E-state index in [1.165, 1.54) is 19.2 Å². The molecule has 1 rings (SSSR count). The minimum absolute atomic E-state index is 0.120. The minimum atomic E-state index is -0.514. The van der Waals surface area contributed by atoms with Gasteiger partial charge in [-0.1, -0.05) is 0 Å². The molecule has 6 nitrogen and oxygen atoms in total. The van der Waals surface area contributed by atoms with Crippen LogP contribution >= 0.6 is 0 Å². The first-order chi connectivity index (χ1) is 9.10. The van der Waals surface area contributed by atoms with Crippen LogP contribution in [0.1, 0.15) is 23.7 Å². The Kier molecular flexibility index (Phi) is 5.35. The number of anilines is 1. The highest BCUT2D eigenvalue weighted by Crippen LogP contribution is 2.25. The van der Waals surface area contributed by atoms with Gasteiger partial charge in [0.15, 0.2) is 0 Å². The zero-order chi connectivity index (χ0) is 14.3. The molecular weight excluding hydrogens is 246 g/mol. The number of rotatable bonds is 5. The van der Waals surface area contributed by atoms with E-state index in [-0.39, 0.29) is 17.2 Å². The van der Waals surface area contributed by atoms with Gasteiger partial charge in [0, 0.05) is 31.6 Å². The molecule has 0 aromatic heterocycles. The van der Waals surface area contributed by atoms with Gasteiger partial charge < -0.3 is 10.6 Å². The van der Waals surface area contributed by atoms with Crippen LogP contribution in [0.3, 0.4) is 0 Å². The molecular formula is C13H15N3O3. The second kappa shape index (κ2) is 7.01. The van der Waals surface area contributed by atoms with Crippen molar-refractivity contribution in [1.82, 2.24) is 5.32 Å². The Morgan fingerprint density at radius 2 is 2.21 bits per heavy atom. The van der Waals surface area contributed by atoms with Gasteiger partial charge in [0.1, 0.15) is 5.69 Å². The summed E-state index contributed by atoms with van der Waals surface area (Å²) in [6.45, 7) is 2.25. The van der Waals surface area contributed by atoms with Gasteiger partial charge in [0.2, 0.25) is 0 Å². The number of amides is 1. The standard InChI is InChI=1S/C13H15N3O3/c1-3-4-5-8-15-11-7-6-10(13(17)14-2)9-12(11)16(18)19/h6-7,9,15H,5,8H2,1-2H3,(H,14,17). The summed E-state index contributed by atoms with van der Waals surface area (Å²) in [7, 11) is 1.48. The molecule has 19 heavy (non-hydrogen) atoms. The summed E-state index contributed by atoms with van der Waals surface area (Å²) in [6.07, 6.45) is 0.602. The molecule has 1 aromatic rings. The van der Waals surface area contributed by atoms with Gasteiger partial charge in [0.05, 0.1) is 4.92 Å². The molecule has 0 heterocycles. The summed E-state index contributed by atoms with van der Waals surface area (Å²) >= 11 is 0. The molecule has 0 fully saturated rings. The van der Waals surface area contributed by atoms with E-state index in [4.69, 9.17) is 0 Å². The molecule has 2 N–H and O–H groups in total. The maximum atomic E-state index is 11.4. The molecule has 0 saturated heterocycles. The molecule has 1 aromatic carbocycles. The Hall–Kier alpha value is -2.55. The number of carbonyl (C=O) groups excluding carboxylic acids is 1. The largest absolute Gasteiger partial charge is 0.379 e. The normalized spacial score (nSPS) is 9.16. The maximum absolute atomic E-state index is 11.4. The molecule has 1 amide bonds. The molecule has 100 valence electrons. The predicted molar refractivity (Wildman–Crippen MR) is 73.0 cm³/mol. The average molecular weight is 261 g/mol. The maximum Gasteiger partial charge on any atom is 0.293 e. The lowest BCUT2D eigenvalue weighted by molar-refractivity contribution is -0.384. The fourth-order valence-corrected chi connectivity index (χ4v) is 1.50. The van der Waals surface area contributed by atoms with Crippen LogP contribution in [0.5, 0.6) is 0 Å². The summed E-state index contributed by atoms with van der Waals surface area (Å²) < 4.78 is 0. The van der Waals surface area contributed by atoms with Crippen molar-refractivity contribution in [1.29, 1.82) is 0 Å². The van der Waals surface area contributed by atoms with Gasteiger partial charge in [-0.2, -0.15) is 0 Å². The van der Waals surface area contributed by atoms with Crippen molar-refractivity contribution in [2.24, 2.45) is 0 Å². The zero-order valence-electron chi connectivity index (χ0n) is 10.8. The van der Waals surface area contributed by atoms with Gasteiger partial charge in [0.25, 0.3) is 11.6 Å². The van der Waals surface area contributed by atoms with E-state index < -0.39 is 4.92 Å². The number of benzene rings is 1. The Labute approximate surface area is 111 Å². The van der Waals surface area contributed by atoms with Crippen molar-refractivity contribution in [2.45, 2.75) is 13.3 Å². The van der Waals surface area contributed by atoms with E-state index in [2.05, 4.69) is 22.5 Å². The Bertz CT molecular complexity index is 544. The highest BCUT2D eigenvalue weighted by molar-refractivity contribution is 5.95. The summed E-state index contributed by atoms with van der Waals surface area (Å²) in [5.41, 5.74) is 0.522. The minimum Gasteiger partial charge on any atom is -0.379 e. The fourth-order valence-electron chi connectivity index (χ4n) is 1.50. The third kappa shape index (κ3) is 4.00. The second-order valence-corrected chi connectivity index (χ2v) is 3.67. The highest BCUT2D eigenvalue weighted by Gasteiger charge is 2.16. The van der Waals surface area contributed by atoms with Crippen molar-refractivity contribution >= 4 is 17.3 Å². The molecule has 0 unspecified atom stereocenters. The van der Waals surface area contributed by atoms with E-state index in [1.54, 1.807) is 13.0 Å². The van der Waals surface area contributed by atoms with E-state index in [1.807, 2.05) is 0 Å². The van der Waals surface area contributed by atoms with Crippen LogP contribution in [0.15, 0.2) is 18.2 Å². The van der Waals surface area contributed by atoms with Gasteiger partial charge in [-0.3, -0.25) is 14.9 Å². The molecule has 0 bridgehead atoms. The summed E-state index contributed by atoms with van der Waals surface area (Å²) in [6, 6.07) is 4.33. The van der Waals surface area contributed by atoms with Crippen LogP contribution < -0.4 is 10.6 Å². The van der Waals surface area contributed by atoms with Crippen LogP contribution in [0.4, 0.5) is 11.4 Å². The van der Waals surface area contributed by atoms with Crippen LogP contribution in [-0.4, -0.2) is 24.4 Å². The van der Waals surface area contributed by atoms with Crippen LogP contribution in [0.25, 0.3) is 0 Å². The number of nitrogens with one attached hydrogen (secondary N) is 2. The number of nitrogens with zero attached hydrogens (tertiary/aromatic N) is 1. The Morgan fingerprint density at radius 1 is 1.47 bits per heavy atom. The lowest BCUT2D eigenvalue weighted by Gasteiger charge is -2.07. The summed E-state index contributed by atoms with van der Waals surface area (Å²) in [4.78, 5) is 21.9. The SMILES string of the molecule is CC#CCCNc1ccc(C(=O)NC)cc1[N+](=O)[O-]. The fraction of sp³-hybridized carbons (Fsp3) is 0.308. The number of nitro groups is 1. The first-order valence-corrected chi connectivity index (χ1v) is 5.74. The first kappa shape index (κ1) is 14.5. The number of carbonyl (C=O) groups is 1. The third-order valence-corrected chi connectivity index (χ3v) is 2.43. The van der Waals surface area contributed by atoms with Gasteiger partial charge in [-0.15, -0.1) is 11.8 Å². The lowest BCUT2D eigenvalue weighted by Crippen LogP contribution is -2.18. The molecule has 0 spiro atoms. The van der Waals surface area contributed by atoms with E-state index in [0.717, 1.165) is 0 Å². The summed E-state index contributed by atoms with van der Waals surface area (Å²) in [5, 5.41) is 16.3. The quantitative estimate of drug-likeness (QED) is 0.366. The third-order valence-electron chi connectivity index (χ3n) is 2.43. The molecule has 0 aliphatic carbocycles. The van der Waals surface area contributed by atoms with E-state index in [9.17, 15) is 14.9 Å². The van der Waals surface area contributed by atoms with Gasteiger partial charge >= 0.3 is 0 Å². The van der Waals surface area contributed by atoms with Crippen molar-refractivity contribution in [3.63, 3.8) is 0 Å². The topological polar surface area (TPSA) is 84.3 Å². The highest BCUT2D eigenvalue weighted by atomic mass is 16.6. The zero-order valence-corrected chi connectivity index (χ0v) is 10.8. The Morgan fingerprint density at radius 3 is 2.79 bits per heavy atom. The molecule has 0 radical (unpaired) electrons. The van der Waals surface area contributed by atoms with Crippen LogP contribution in [0.2, 0.25) is 0 Å². The number of hydrogen-bond donors (Lipinski definition) is 2. The first-order valence-electron chi connectivity index (χ1n) is 5.74. The van der Waals surface area contributed by atoms with Crippen LogP contribution in [0, 0.1) is 22.0 Å². The molecule has 0 atom stereocenters. The monoisotopic (exact) mass is 261 g/mol. The van der Waals surface area contributed by atoms with Crippen molar-refractivity contribution in [2.75, 3.05) is 18.9 Å². The average Bonchev–Trinajstić information content (AvgIpc) is 2.42. The molecule has 0 aliphatic rings. The Balaban J connectivity index is 2.94. The van der Waals surface area contributed by atoms with Crippen LogP contribution in [-0.2, 0) is 0 Å². The van der Waals surface area contributed by atoms with Gasteiger partial charge in [-0.05, 0) is 19.1 Å². The van der Waals surface area contributed by atoms with Crippen molar-refractivity contribution in [3.05, 3.63) is 33.9 Å². The number of nitro benzene ring substituents is 1. The van der Waals surface area contributed by atoms with Crippen molar-refractivity contribution < 1.29 is 9.72 Å². The van der Waals surface area contributed by atoms with Gasteiger partial charge in [-0.25, -0.2) is 0 Å². The molecule has 0 saturated carbocycles. The summed E-state index contributed by atoms with van der Waals surface area (Å²) in [5.74, 6) is 5.25.